The number of carbonyl (C=O) groups excluding carboxylic acids is 3. The summed E-state index contributed by atoms with van der Waals surface area (Å²) in [5.41, 5.74) is 4.23. The zero-order valence-corrected chi connectivity index (χ0v) is 48.0. The number of aromatic hydroxyl groups is 1. The highest BCUT2D eigenvalue weighted by Crippen LogP contribution is 2.29. The maximum Gasteiger partial charge on any atom is 0.321 e. The number of piperidine rings is 3. The van der Waals surface area contributed by atoms with Crippen molar-refractivity contribution in [2.24, 2.45) is 22.7 Å². The number of hydrogen-bond donors (Lipinski definition) is 4. The molecular formula is C59H64Cl6N6O7. The zero-order chi connectivity index (χ0) is 55.8. The number of isocyanates is 1. The monoisotopic (exact) mass is 1180 g/mol. The van der Waals surface area contributed by atoms with Gasteiger partial charge in [-0.05, 0) is 186 Å². The van der Waals surface area contributed by atoms with Crippen molar-refractivity contribution in [2.45, 2.75) is 52.4 Å². The molecule has 3 aliphatic heterocycles. The quantitative estimate of drug-likeness (QED) is 0.0698. The Morgan fingerprint density at radius 3 is 1.26 bits per heavy atom. The second kappa shape index (κ2) is 32.3. The number of benzene rings is 6. The van der Waals surface area contributed by atoms with Crippen LogP contribution in [0.4, 0.5) is 26.7 Å². The predicted octanol–water partition coefficient (Wildman–Crippen LogP) is 16.0. The van der Waals surface area contributed by atoms with Gasteiger partial charge in [0.1, 0.15) is 23.0 Å². The maximum absolute atomic E-state index is 12.4. The number of carbonyl (C=O) groups is 2. The molecule has 414 valence electrons. The van der Waals surface area contributed by atoms with Crippen molar-refractivity contribution in [1.82, 2.24) is 15.1 Å². The van der Waals surface area contributed by atoms with E-state index >= 15 is 0 Å². The first-order valence-electron chi connectivity index (χ1n) is 25.7. The topological polar surface area (TPSA) is 154 Å². The molecule has 0 aliphatic carbocycles. The first kappa shape index (κ1) is 61.4. The molecule has 0 aromatic heterocycles. The average molecular weight is 1180 g/mol. The number of aliphatic imine (C=N–C) groups is 1. The highest BCUT2D eigenvalue weighted by Gasteiger charge is 2.25. The molecule has 0 spiro atoms. The summed E-state index contributed by atoms with van der Waals surface area (Å²) < 4.78 is 17.4. The minimum atomic E-state index is -0.138. The smallest absolute Gasteiger partial charge is 0.321 e. The van der Waals surface area contributed by atoms with Crippen molar-refractivity contribution >= 4 is 105 Å². The van der Waals surface area contributed by atoms with Gasteiger partial charge in [-0.2, -0.15) is 4.99 Å². The summed E-state index contributed by atoms with van der Waals surface area (Å²) in [5.74, 6) is 4.45. The molecule has 78 heavy (non-hydrogen) atoms. The summed E-state index contributed by atoms with van der Waals surface area (Å²) >= 11 is 35.0. The molecule has 0 radical (unpaired) electrons. The van der Waals surface area contributed by atoms with Crippen LogP contribution in [0.15, 0.2) is 132 Å². The van der Waals surface area contributed by atoms with Gasteiger partial charge < -0.3 is 45.1 Å². The molecule has 0 unspecified atom stereocenters. The lowest BCUT2D eigenvalue weighted by molar-refractivity contribution is 0.152. The summed E-state index contributed by atoms with van der Waals surface area (Å²) in [6.45, 7) is 11.4. The molecule has 3 heterocycles. The van der Waals surface area contributed by atoms with Gasteiger partial charge in [-0.25, -0.2) is 14.4 Å². The highest BCUT2D eigenvalue weighted by atomic mass is 35.5. The van der Waals surface area contributed by atoms with E-state index in [9.17, 15) is 19.5 Å². The Balaban J connectivity index is 0.000000177. The van der Waals surface area contributed by atoms with E-state index in [1.165, 1.54) is 36.1 Å². The van der Waals surface area contributed by atoms with Crippen molar-refractivity contribution in [2.75, 3.05) is 69.7 Å². The number of anilines is 2. The molecule has 13 nitrogen and oxygen atoms in total. The van der Waals surface area contributed by atoms with Crippen molar-refractivity contribution < 1.29 is 33.7 Å². The lowest BCUT2D eigenvalue weighted by Crippen LogP contribution is -2.42. The molecule has 6 aromatic carbocycles. The summed E-state index contributed by atoms with van der Waals surface area (Å²) in [6.07, 6.45) is 7.51. The Hall–Kier alpha value is -5.86. The van der Waals surface area contributed by atoms with E-state index in [-0.39, 0.29) is 17.8 Å². The van der Waals surface area contributed by atoms with Crippen molar-refractivity contribution in [3.63, 3.8) is 0 Å². The van der Waals surface area contributed by atoms with Gasteiger partial charge in [-0.15, -0.1) is 0 Å². The standard InChI is InChI=1S/C20H22Cl2N2O2.C19H20Cl2N2O3.C13H19NO.C7H3Cl2NO/c1-14-2-5-17(6-3-14)26-13-15-8-10-24(11-9-15)20(25)23-16-4-7-18(21)19(22)12-16;20-17-6-1-14(11-18(17)21)22-19(25)23-9-7-13(8-10-23)12-26-16-4-2-15(24)3-5-16;1-11-2-4-13(5-3-11)15-10-12-6-8-14-9-7-12;8-6-2-1-5(10-4-11)3-7(6)9/h2-7,12,15H,8-11,13H2,1H3,(H,23,25);1-6,11,13,24H,7-10,12H2,(H,22,25);2-5,12,14H,6-10H2,1H3;1-3H. The number of nitrogens with zero attached hydrogens (tertiary/aromatic N) is 3. The number of hydrogen-bond acceptors (Lipinski definition) is 9. The van der Waals surface area contributed by atoms with E-state index in [4.69, 9.17) is 83.8 Å². The van der Waals surface area contributed by atoms with Gasteiger partial charge in [0.25, 0.3) is 0 Å². The van der Waals surface area contributed by atoms with Gasteiger partial charge in [0.2, 0.25) is 6.08 Å². The van der Waals surface area contributed by atoms with Crippen LogP contribution >= 0.6 is 69.6 Å². The molecule has 19 heteroatoms. The van der Waals surface area contributed by atoms with Gasteiger partial charge in [0.15, 0.2) is 0 Å². The lowest BCUT2D eigenvalue weighted by Gasteiger charge is -2.32. The summed E-state index contributed by atoms with van der Waals surface area (Å²) in [4.78, 5) is 41.5. The lowest BCUT2D eigenvalue weighted by atomic mass is 9.98. The molecule has 0 bridgehead atoms. The van der Waals surface area contributed by atoms with E-state index in [0.717, 1.165) is 81.6 Å². The van der Waals surface area contributed by atoms with E-state index in [1.54, 1.807) is 77.7 Å². The van der Waals surface area contributed by atoms with Gasteiger partial charge in [0.05, 0.1) is 55.6 Å². The van der Waals surface area contributed by atoms with Crippen LogP contribution in [0.2, 0.25) is 30.1 Å². The molecular weight excluding hydrogens is 1120 g/mol. The van der Waals surface area contributed by atoms with Crippen LogP contribution in [-0.4, -0.2) is 92.1 Å². The first-order chi connectivity index (χ1) is 37.6. The number of aryl methyl sites for hydroxylation is 2. The van der Waals surface area contributed by atoms with Crippen LogP contribution in [0.1, 0.15) is 49.7 Å². The fourth-order valence-electron chi connectivity index (χ4n) is 8.27. The Bertz CT molecular complexity index is 2740. The number of urea groups is 2. The molecule has 9 rings (SSSR count). The Labute approximate surface area is 487 Å². The summed E-state index contributed by atoms with van der Waals surface area (Å²) in [7, 11) is 0. The molecule has 0 atom stereocenters. The van der Waals surface area contributed by atoms with Crippen molar-refractivity contribution in [3.05, 3.63) is 169 Å². The van der Waals surface area contributed by atoms with Crippen LogP contribution in [0, 0.1) is 31.6 Å². The summed E-state index contributed by atoms with van der Waals surface area (Å²) in [6, 6.07) is 37.6. The third kappa shape index (κ3) is 21.4. The molecule has 3 aliphatic rings. The second-order valence-corrected chi connectivity index (χ2v) is 21.5. The summed E-state index contributed by atoms with van der Waals surface area (Å²) in [5, 5.41) is 20.9. The van der Waals surface area contributed by atoms with Crippen LogP contribution in [0.3, 0.4) is 0 Å². The maximum atomic E-state index is 12.4. The minimum Gasteiger partial charge on any atom is -0.508 e. The molecule has 0 saturated carbocycles. The van der Waals surface area contributed by atoms with Gasteiger partial charge in [-0.3, -0.25) is 0 Å². The number of ether oxygens (including phenoxy) is 3. The van der Waals surface area contributed by atoms with Gasteiger partial charge >= 0.3 is 12.1 Å². The SMILES string of the molecule is Cc1ccc(OCC2CCN(C(=O)Nc3ccc(Cl)c(Cl)c3)CC2)cc1.Cc1ccc(OCC2CCNCC2)cc1.O=C(Nc1ccc(Cl)c(Cl)c1)N1CCC(COc2ccc(O)cc2)CC1.O=C=Nc1ccc(Cl)c(Cl)c1. The largest absolute Gasteiger partial charge is 0.508 e. The van der Waals surface area contributed by atoms with Crippen LogP contribution < -0.4 is 30.2 Å². The number of phenols is 1. The Morgan fingerprint density at radius 1 is 0.526 bits per heavy atom. The zero-order valence-electron chi connectivity index (χ0n) is 43.5. The van der Waals surface area contributed by atoms with Gasteiger partial charge in [-0.1, -0.05) is 105 Å². The number of nitrogens with one attached hydrogen (secondary N) is 3. The minimum absolute atomic E-state index is 0.110. The average Bonchev–Trinajstić information content (AvgIpc) is 3.44. The van der Waals surface area contributed by atoms with E-state index in [2.05, 4.69) is 59.1 Å². The molecule has 4 amide bonds. The van der Waals surface area contributed by atoms with Crippen LogP contribution in [0.25, 0.3) is 0 Å². The molecule has 4 N–H and O–H groups in total. The van der Waals surface area contributed by atoms with E-state index in [1.807, 2.05) is 29.2 Å². The number of phenolic OH excluding ortho intramolecular Hbond substituents is 1. The molecule has 3 saturated heterocycles. The third-order valence-electron chi connectivity index (χ3n) is 13.0. The van der Waals surface area contributed by atoms with E-state index < -0.39 is 0 Å². The number of halogens is 6. The fraction of sp³-hybridized carbons (Fsp3) is 0.339. The predicted molar refractivity (Wildman–Crippen MR) is 316 cm³/mol. The second-order valence-electron chi connectivity index (χ2n) is 19.0. The Morgan fingerprint density at radius 2 is 0.885 bits per heavy atom. The van der Waals surface area contributed by atoms with Gasteiger partial charge in [0, 0.05) is 37.6 Å². The Kier molecular flexibility index (Phi) is 25.4. The van der Waals surface area contributed by atoms with Crippen molar-refractivity contribution in [3.8, 4) is 23.0 Å². The van der Waals surface area contributed by atoms with Crippen LogP contribution in [-0.2, 0) is 4.79 Å². The fourth-order valence-corrected chi connectivity index (χ4v) is 9.16. The first-order valence-corrected chi connectivity index (χ1v) is 27.9. The van der Waals surface area contributed by atoms with Crippen LogP contribution in [0.5, 0.6) is 23.0 Å². The highest BCUT2D eigenvalue weighted by molar-refractivity contribution is 6.43. The number of amides is 4. The number of likely N-dealkylation sites (tertiary alicyclic amines) is 2. The van der Waals surface area contributed by atoms with Crippen molar-refractivity contribution in [1.29, 1.82) is 0 Å². The normalized spacial score (nSPS) is 14.6. The molecule has 6 aromatic rings. The molecule has 3 fully saturated rings. The van der Waals surface area contributed by atoms with E-state index in [0.29, 0.717) is 85.3 Å². The number of rotatable bonds is 12. The third-order valence-corrected chi connectivity index (χ3v) is 15.2.